The third kappa shape index (κ3) is 9.63. The average molecular weight is 563 g/mol. The molecule has 6 nitrogen and oxygen atoms in total. The van der Waals surface area contributed by atoms with Crippen LogP contribution >= 0.6 is 11.3 Å². The van der Waals surface area contributed by atoms with Crippen molar-refractivity contribution in [1.29, 1.82) is 0 Å². The van der Waals surface area contributed by atoms with Gasteiger partial charge >= 0.3 is 0 Å². The molecular formula is C33H50N6S. The minimum Gasteiger partial charge on any atom is -0.300 e. The number of aromatic nitrogens is 4. The van der Waals surface area contributed by atoms with E-state index in [1.165, 1.54) is 16.8 Å². The minimum atomic E-state index is 0.0675. The average Bonchev–Trinajstić information content (AvgIpc) is 3.65. The Balaban J connectivity index is 0.00000105. The van der Waals surface area contributed by atoms with E-state index in [4.69, 9.17) is 5.10 Å². The Morgan fingerprint density at radius 1 is 0.975 bits per heavy atom. The Morgan fingerprint density at radius 3 is 2.15 bits per heavy atom. The fraction of sp³-hybridized carbons (Fsp3) is 0.424. The van der Waals surface area contributed by atoms with E-state index in [0.717, 1.165) is 21.8 Å². The summed E-state index contributed by atoms with van der Waals surface area (Å²) in [6.07, 6.45) is 5.63. The number of aryl methyl sites for hydroxylation is 1. The number of hydrogen-bond donors (Lipinski definition) is 1. The van der Waals surface area contributed by atoms with Crippen molar-refractivity contribution in [1.82, 2.24) is 24.8 Å². The highest BCUT2D eigenvalue weighted by molar-refractivity contribution is 7.07. The molecule has 0 spiro atoms. The van der Waals surface area contributed by atoms with Crippen molar-refractivity contribution in [2.45, 2.75) is 94.2 Å². The van der Waals surface area contributed by atoms with E-state index in [9.17, 15) is 0 Å². The number of benzene rings is 2. The van der Waals surface area contributed by atoms with Crippen molar-refractivity contribution in [3.8, 4) is 17.1 Å². The molecule has 1 unspecified atom stereocenters. The molecule has 0 radical (unpaired) electrons. The van der Waals surface area contributed by atoms with Crippen LogP contribution in [0.3, 0.4) is 0 Å². The van der Waals surface area contributed by atoms with E-state index in [0.29, 0.717) is 12.0 Å². The number of nitrogens with zero attached hydrogens (tertiary/aromatic N) is 5. The van der Waals surface area contributed by atoms with Crippen molar-refractivity contribution in [3.05, 3.63) is 94.5 Å². The number of rotatable bonds is 7. The predicted molar refractivity (Wildman–Crippen MR) is 174 cm³/mol. The molecule has 1 N–H and O–H groups in total. The van der Waals surface area contributed by atoms with Gasteiger partial charge in [0, 0.05) is 23.2 Å². The summed E-state index contributed by atoms with van der Waals surface area (Å²) in [4.78, 5) is 5.36. The highest BCUT2D eigenvalue weighted by atomic mass is 32.1. The first kappa shape index (κ1) is 34.6. The van der Waals surface area contributed by atoms with Gasteiger partial charge in [0.1, 0.15) is 6.33 Å². The van der Waals surface area contributed by atoms with Crippen LogP contribution in [0.5, 0.6) is 0 Å². The van der Waals surface area contributed by atoms with Crippen molar-refractivity contribution in [2.75, 3.05) is 0 Å². The Kier molecular flexibility index (Phi) is 15.6. The molecule has 0 aliphatic heterocycles. The first-order valence-corrected chi connectivity index (χ1v) is 15.3. The van der Waals surface area contributed by atoms with E-state index < -0.39 is 0 Å². The van der Waals surface area contributed by atoms with Crippen LogP contribution in [0.4, 0.5) is 0 Å². The molecule has 2 aromatic carbocycles. The van der Waals surface area contributed by atoms with Gasteiger partial charge in [0.25, 0.3) is 0 Å². The third-order valence-corrected chi connectivity index (χ3v) is 6.47. The molecule has 0 bridgehead atoms. The second-order valence-electron chi connectivity index (χ2n) is 9.41. The molecule has 2 aromatic heterocycles. The van der Waals surface area contributed by atoms with Crippen molar-refractivity contribution >= 4 is 11.3 Å². The Bertz CT molecular complexity index is 1330. The van der Waals surface area contributed by atoms with Gasteiger partial charge in [-0.3, -0.25) is 9.99 Å². The van der Waals surface area contributed by atoms with Gasteiger partial charge in [-0.2, -0.15) is 5.10 Å². The highest BCUT2D eigenvalue weighted by Gasteiger charge is 2.11. The van der Waals surface area contributed by atoms with Crippen LogP contribution < -0.4 is 10.2 Å². The third-order valence-electron chi connectivity index (χ3n) is 5.72. The maximum Gasteiger partial charge on any atom is 0.212 e. The smallest absolute Gasteiger partial charge is 0.212 e. The second-order valence-corrected chi connectivity index (χ2v) is 10.3. The zero-order valence-electron chi connectivity index (χ0n) is 26.4. The van der Waals surface area contributed by atoms with Gasteiger partial charge in [-0.05, 0) is 63.3 Å². The number of nitrogens with one attached hydrogen (secondary N) is 1. The van der Waals surface area contributed by atoms with Gasteiger partial charge in [0.15, 0.2) is 5.82 Å². The van der Waals surface area contributed by atoms with Gasteiger partial charge in [0.05, 0.1) is 11.7 Å². The van der Waals surface area contributed by atoms with Gasteiger partial charge in [-0.15, -0.1) is 23.0 Å². The summed E-state index contributed by atoms with van der Waals surface area (Å²) in [5.41, 5.74) is 9.26. The summed E-state index contributed by atoms with van der Waals surface area (Å²) < 4.78 is 4.05. The standard InChI is InChI=1S/C26H32N6S.C3H6.2C2H6/c1-17(2)23-12-7-19(5)15-24(23)31-13-14-33-26(31)29-28-20(6)21-8-10-22(11-9-21)25-27-16-32(30-25)18(3)4;1-3-2;2*1-2/h7-18,20,28H,1-6H3;3H,1H2,2H3;2*1-2H3/b29-26-;;;. The van der Waals surface area contributed by atoms with Crippen molar-refractivity contribution in [2.24, 2.45) is 5.10 Å². The van der Waals surface area contributed by atoms with E-state index in [2.05, 4.69) is 122 Å². The highest BCUT2D eigenvalue weighted by Crippen LogP contribution is 2.24. The van der Waals surface area contributed by atoms with Crippen LogP contribution in [0.2, 0.25) is 0 Å². The summed E-state index contributed by atoms with van der Waals surface area (Å²) >= 11 is 1.63. The molecule has 0 amide bonds. The summed E-state index contributed by atoms with van der Waals surface area (Å²) in [5, 5.41) is 11.4. The van der Waals surface area contributed by atoms with Crippen LogP contribution in [0, 0.1) is 6.92 Å². The summed E-state index contributed by atoms with van der Waals surface area (Å²) in [7, 11) is 0. The molecule has 0 fully saturated rings. The lowest BCUT2D eigenvalue weighted by Gasteiger charge is -2.15. The molecule has 4 aromatic rings. The maximum atomic E-state index is 4.76. The van der Waals surface area contributed by atoms with Crippen LogP contribution in [0.25, 0.3) is 17.1 Å². The fourth-order valence-electron chi connectivity index (χ4n) is 3.69. The lowest BCUT2D eigenvalue weighted by atomic mass is 9.99. The lowest BCUT2D eigenvalue weighted by molar-refractivity contribution is 0.532. The number of hydrogen-bond acceptors (Lipinski definition) is 5. The van der Waals surface area contributed by atoms with Gasteiger partial charge in [-0.1, -0.05) is 84.0 Å². The molecular weight excluding hydrogens is 512 g/mol. The van der Waals surface area contributed by atoms with Crippen molar-refractivity contribution < 1.29 is 0 Å². The van der Waals surface area contributed by atoms with Crippen LogP contribution in [0.15, 0.2) is 78.1 Å². The quantitative estimate of drug-likeness (QED) is 0.180. The molecule has 4 rings (SSSR count). The predicted octanol–water partition coefficient (Wildman–Crippen LogP) is 9.22. The first-order valence-electron chi connectivity index (χ1n) is 14.4. The molecule has 0 aliphatic rings. The topological polar surface area (TPSA) is 60.0 Å². The van der Waals surface area contributed by atoms with E-state index in [-0.39, 0.29) is 6.04 Å². The normalized spacial score (nSPS) is 11.5. The van der Waals surface area contributed by atoms with E-state index >= 15 is 0 Å². The molecule has 1 atom stereocenters. The van der Waals surface area contributed by atoms with Gasteiger partial charge < -0.3 is 0 Å². The Labute approximate surface area is 246 Å². The Hall–Kier alpha value is -3.45. The molecule has 2 heterocycles. The van der Waals surface area contributed by atoms with Crippen LogP contribution in [-0.4, -0.2) is 19.3 Å². The van der Waals surface area contributed by atoms with Gasteiger partial charge in [-0.25, -0.2) is 9.67 Å². The maximum absolute atomic E-state index is 4.76. The molecule has 7 heteroatoms. The SMILES string of the molecule is C=CC.CC.CC.Cc1ccc(C(C)C)c(-n2ccs/c2=N\NC(C)c2ccc(-c3ncn(C(C)C)n3)cc2)c1. The zero-order valence-corrected chi connectivity index (χ0v) is 27.3. The molecule has 218 valence electrons. The molecule has 0 saturated heterocycles. The van der Waals surface area contributed by atoms with E-state index in [1.54, 1.807) is 23.7 Å². The summed E-state index contributed by atoms with van der Waals surface area (Å²) in [6, 6.07) is 15.4. The van der Waals surface area contributed by atoms with Crippen molar-refractivity contribution in [3.63, 3.8) is 0 Å². The first-order chi connectivity index (χ1) is 19.2. The molecule has 0 aliphatic carbocycles. The summed E-state index contributed by atoms with van der Waals surface area (Å²) in [5.74, 6) is 1.19. The zero-order chi connectivity index (χ0) is 30.2. The summed E-state index contributed by atoms with van der Waals surface area (Å²) in [6.45, 7) is 26.1. The second kappa shape index (κ2) is 18.0. The fourth-order valence-corrected chi connectivity index (χ4v) is 4.37. The monoisotopic (exact) mass is 562 g/mol. The molecule has 0 saturated carbocycles. The van der Waals surface area contributed by atoms with E-state index in [1.807, 2.05) is 39.3 Å². The largest absolute Gasteiger partial charge is 0.300 e. The van der Waals surface area contributed by atoms with Gasteiger partial charge in [0.2, 0.25) is 4.80 Å². The minimum absolute atomic E-state index is 0.0675. The molecule has 40 heavy (non-hydrogen) atoms. The van der Waals surface area contributed by atoms with Crippen LogP contribution in [-0.2, 0) is 0 Å². The number of allylic oxidation sites excluding steroid dienone is 1. The Morgan fingerprint density at radius 2 is 1.60 bits per heavy atom. The lowest BCUT2D eigenvalue weighted by Crippen LogP contribution is -2.21. The van der Waals surface area contributed by atoms with Crippen LogP contribution in [0.1, 0.15) is 104 Å². The number of thiazole rings is 1.